The standard InChI is InChI=1S/C16H18INS/c17-13-7-9-14(10-8-13)18-16(12-4-1-2-5-12)15-6-3-11-19-15/h3,6-12,16,18H,1-2,4-5H2. The van der Waals surface area contributed by atoms with Crippen LogP contribution in [0.4, 0.5) is 5.69 Å². The van der Waals surface area contributed by atoms with Crippen molar-refractivity contribution in [1.82, 2.24) is 0 Å². The molecule has 2 aromatic rings. The highest BCUT2D eigenvalue weighted by Crippen LogP contribution is 2.39. The summed E-state index contributed by atoms with van der Waals surface area (Å²) in [4.78, 5) is 1.48. The van der Waals surface area contributed by atoms with Crippen molar-refractivity contribution in [2.24, 2.45) is 5.92 Å². The topological polar surface area (TPSA) is 12.0 Å². The lowest BCUT2D eigenvalue weighted by Crippen LogP contribution is -2.17. The van der Waals surface area contributed by atoms with Gasteiger partial charge in [-0.3, -0.25) is 0 Å². The van der Waals surface area contributed by atoms with E-state index in [4.69, 9.17) is 0 Å². The van der Waals surface area contributed by atoms with Gasteiger partial charge >= 0.3 is 0 Å². The summed E-state index contributed by atoms with van der Waals surface area (Å²) in [7, 11) is 0. The number of hydrogen-bond acceptors (Lipinski definition) is 2. The van der Waals surface area contributed by atoms with Crippen molar-refractivity contribution in [1.29, 1.82) is 0 Å². The Kier molecular flexibility index (Phi) is 4.43. The van der Waals surface area contributed by atoms with Crippen LogP contribution < -0.4 is 5.32 Å². The van der Waals surface area contributed by atoms with Gasteiger partial charge in [0.15, 0.2) is 0 Å². The first-order chi connectivity index (χ1) is 9.33. The highest BCUT2D eigenvalue weighted by atomic mass is 127. The molecule has 1 atom stereocenters. The fourth-order valence-corrected chi connectivity index (χ4v) is 4.13. The number of thiophene rings is 1. The molecule has 1 nitrogen and oxygen atoms in total. The first-order valence-electron chi connectivity index (χ1n) is 6.88. The molecule has 1 aromatic heterocycles. The van der Waals surface area contributed by atoms with E-state index >= 15 is 0 Å². The molecular formula is C16H18INS. The molecular weight excluding hydrogens is 365 g/mol. The van der Waals surface area contributed by atoms with E-state index in [-0.39, 0.29) is 0 Å². The number of nitrogens with one attached hydrogen (secondary N) is 1. The molecule has 0 spiro atoms. The van der Waals surface area contributed by atoms with E-state index in [0.29, 0.717) is 6.04 Å². The van der Waals surface area contributed by atoms with Crippen LogP contribution in [0, 0.1) is 9.49 Å². The number of hydrogen-bond donors (Lipinski definition) is 1. The highest BCUT2D eigenvalue weighted by molar-refractivity contribution is 14.1. The monoisotopic (exact) mass is 383 g/mol. The molecule has 0 bridgehead atoms. The lowest BCUT2D eigenvalue weighted by Gasteiger charge is -2.25. The quantitative estimate of drug-likeness (QED) is 0.669. The smallest absolute Gasteiger partial charge is 0.0634 e. The molecule has 1 aliphatic rings. The molecule has 0 aliphatic heterocycles. The first kappa shape index (κ1) is 13.4. The Balaban J connectivity index is 1.81. The molecule has 1 unspecified atom stereocenters. The average molecular weight is 383 g/mol. The molecule has 1 heterocycles. The Morgan fingerprint density at radius 2 is 1.84 bits per heavy atom. The highest BCUT2D eigenvalue weighted by Gasteiger charge is 2.26. The maximum atomic E-state index is 3.76. The van der Waals surface area contributed by atoms with Gasteiger partial charge in [-0.2, -0.15) is 0 Å². The van der Waals surface area contributed by atoms with Crippen LogP contribution in [0.5, 0.6) is 0 Å². The summed E-state index contributed by atoms with van der Waals surface area (Å²) >= 11 is 4.23. The van der Waals surface area contributed by atoms with Gasteiger partial charge in [-0.15, -0.1) is 11.3 Å². The van der Waals surface area contributed by atoms with Gasteiger partial charge in [0.05, 0.1) is 6.04 Å². The zero-order valence-electron chi connectivity index (χ0n) is 10.8. The molecule has 0 radical (unpaired) electrons. The number of anilines is 1. The summed E-state index contributed by atoms with van der Waals surface area (Å²) in [5.41, 5.74) is 1.24. The van der Waals surface area contributed by atoms with E-state index in [9.17, 15) is 0 Å². The Hall–Kier alpha value is -0.550. The Morgan fingerprint density at radius 1 is 1.11 bits per heavy atom. The van der Waals surface area contributed by atoms with E-state index in [0.717, 1.165) is 5.92 Å². The van der Waals surface area contributed by atoms with Crippen molar-refractivity contribution in [2.45, 2.75) is 31.7 Å². The van der Waals surface area contributed by atoms with Crippen LogP contribution in [0.3, 0.4) is 0 Å². The van der Waals surface area contributed by atoms with Gasteiger partial charge in [-0.05, 0) is 77.1 Å². The second-order valence-corrected chi connectivity index (χ2v) is 7.41. The largest absolute Gasteiger partial charge is 0.377 e. The van der Waals surface area contributed by atoms with Crippen LogP contribution in [0.2, 0.25) is 0 Å². The summed E-state index contributed by atoms with van der Waals surface area (Å²) < 4.78 is 1.29. The number of benzene rings is 1. The zero-order chi connectivity index (χ0) is 13.1. The van der Waals surface area contributed by atoms with Crippen molar-refractivity contribution in [2.75, 3.05) is 5.32 Å². The molecule has 100 valence electrons. The van der Waals surface area contributed by atoms with Crippen molar-refractivity contribution < 1.29 is 0 Å². The van der Waals surface area contributed by atoms with Gasteiger partial charge < -0.3 is 5.32 Å². The molecule has 1 fully saturated rings. The third-order valence-corrected chi connectivity index (χ3v) is 5.56. The van der Waals surface area contributed by atoms with E-state index in [1.54, 1.807) is 0 Å². The minimum Gasteiger partial charge on any atom is -0.377 e. The molecule has 0 amide bonds. The maximum absolute atomic E-state index is 3.76. The van der Waals surface area contributed by atoms with Gasteiger partial charge in [0.1, 0.15) is 0 Å². The Bertz CT molecular complexity index is 500. The summed E-state index contributed by atoms with van der Waals surface area (Å²) in [5, 5.41) is 5.95. The van der Waals surface area contributed by atoms with Crippen molar-refractivity contribution in [3.8, 4) is 0 Å². The Morgan fingerprint density at radius 3 is 2.47 bits per heavy atom. The van der Waals surface area contributed by atoms with Crippen LogP contribution in [0.25, 0.3) is 0 Å². The Labute approximate surface area is 132 Å². The van der Waals surface area contributed by atoms with Crippen LogP contribution in [0.15, 0.2) is 41.8 Å². The van der Waals surface area contributed by atoms with Gasteiger partial charge in [-0.25, -0.2) is 0 Å². The van der Waals surface area contributed by atoms with Gasteiger partial charge in [-0.1, -0.05) is 18.9 Å². The molecule has 0 saturated heterocycles. The predicted molar refractivity (Wildman–Crippen MR) is 91.8 cm³/mol. The third-order valence-electron chi connectivity index (χ3n) is 3.89. The second-order valence-electron chi connectivity index (χ2n) is 5.19. The van der Waals surface area contributed by atoms with E-state index in [2.05, 4.69) is 69.7 Å². The van der Waals surface area contributed by atoms with Crippen molar-refractivity contribution >= 4 is 39.6 Å². The van der Waals surface area contributed by atoms with Gasteiger partial charge in [0.2, 0.25) is 0 Å². The normalized spacial score (nSPS) is 17.5. The van der Waals surface area contributed by atoms with E-state index in [1.807, 2.05) is 11.3 Å². The van der Waals surface area contributed by atoms with Gasteiger partial charge in [0.25, 0.3) is 0 Å². The van der Waals surface area contributed by atoms with Crippen molar-refractivity contribution in [3.63, 3.8) is 0 Å². The van der Waals surface area contributed by atoms with E-state index < -0.39 is 0 Å². The molecule has 3 heteroatoms. The first-order valence-corrected chi connectivity index (χ1v) is 8.84. The van der Waals surface area contributed by atoms with Gasteiger partial charge in [0, 0.05) is 14.1 Å². The SMILES string of the molecule is Ic1ccc(NC(c2cccs2)C2CCCC2)cc1. The molecule has 1 aromatic carbocycles. The van der Waals surface area contributed by atoms with Crippen LogP contribution in [-0.4, -0.2) is 0 Å². The number of halogens is 1. The van der Waals surface area contributed by atoms with Crippen LogP contribution in [0.1, 0.15) is 36.6 Å². The molecule has 3 rings (SSSR count). The summed E-state index contributed by atoms with van der Waals surface area (Å²) in [6.45, 7) is 0. The fraction of sp³-hybridized carbons (Fsp3) is 0.375. The number of rotatable bonds is 4. The molecule has 1 saturated carbocycles. The van der Waals surface area contributed by atoms with E-state index in [1.165, 1.54) is 39.8 Å². The molecule has 1 N–H and O–H groups in total. The fourth-order valence-electron chi connectivity index (χ4n) is 2.91. The van der Waals surface area contributed by atoms with Crippen molar-refractivity contribution in [3.05, 3.63) is 50.2 Å². The second kappa shape index (κ2) is 6.27. The summed E-state index contributed by atoms with van der Waals surface area (Å²) in [6.07, 6.45) is 5.50. The predicted octanol–water partition coefficient (Wildman–Crippen LogP) is 5.70. The minimum atomic E-state index is 0.488. The average Bonchev–Trinajstić information content (AvgIpc) is 3.11. The summed E-state index contributed by atoms with van der Waals surface area (Å²) in [6, 6.07) is 13.6. The maximum Gasteiger partial charge on any atom is 0.0634 e. The lowest BCUT2D eigenvalue weighted by atomic mass is 9.96. The minimum absolute atomic E-state index is 0.488. The third kappa shape index (κ3) is 3.31. The molecule has 1 aliphatic carbocycles. The summed E-state index contributed by atoms with van der Waals surface area (Å²) in [5.74, 6) is 0.790. The van der Waals surface area contributed by atoms with Crippen LogP contribution in [-0.2, 0) is 0 Å². The zero-order valence-corrected chi connectivity index (χ0v) is 13.8. The molecule has 19 heavy (non-hydrogen) atoms. The van der Waals surface area contributed by atoms with Crippen LogP contribution >= 0.6 is 33.9 Å². The lowest BCUT2D eigenvalue weighted by molar-refractivity contribution is 0.475.